The number of rotatable bonds is 4. The molecule has 1 aromatic heterocycles. The highest BCUT2D eigenvalue weighted by atomic mass is 79.9. The lowest BCUT2D eigenvalue weighted by molar-refractivity contribution is -0.158. The van der Waals surface area contributed by atoms with Crippen LogP contribution in [0.2, 0.25) is 0 Å². The quantitative estimate of drug-likeness (QED) is 0.780. The maximum Gasteiger partial charge on any atom is 0.349 e. The number of hydrogen-bond donors (Lipinski definition) is 0. The van der Waals surface area contributed by atoms with E-state index in [1.54, 1.807) is 26.8 Å². The highest BCUT2D eigenvalue weighted by Crippen LogP contribution is 2.34. The minimum Gasteiger partial charge on any atom is -0.475 e. The van der Waals surface area contributed by atoms with Crippen molar-refractivity contribution in [2.45, 2.75) is 33.3 Å². The van der Waals surface area contributed by atoms with E-state index in [0.29, 0.717) is 12.4 Å². The first-order valence-corrected chi connectivity index (χ1v) is 7.56. The van der Waals surface area contributed by atoms with E-state index in [0.717, 1.165) is 21.1 Å². The Hall–Kier alpha value is -1.62. The number of ether oxygens (including phenoxy) is 2. The van der Waals surface area contributed by atoms with Crippen LogP contribution in [0.25, 0.3) is 10.9 Å². The second-order valence-corrected chi connectivity index (χ2v) is 6.02. The largest absolute Gasteiger partial charge is 0.475 e. The van der Waals surface area contributed by atoms with Gasteiger partial charge in [0.25, 0.3) is 0 Å². The van der Waals surface area contributed by atoms with Crippen LogP contribution in [0.15, 0.2) is 28.7 Å². The van der Waals surface area contributed by atoms with E-state index in [9.17, 15) is 4.79 Å². The standard InChI is InChI=1S/C16H18BrNO3/c1-5-20-15(19)16(3,4)21-13-9-8-12-11(14(13)17)7-6-10(2)18-12/h6-9H,5H2,1-4H3. The number of halogens is 1. The summed E-state index contributed by atoms with van der Waals surface area (Å²) in [6, 6.07) is 7.60. The lowest BCUT2D eigenvalue weighted by atomic mass is 10.1. The molecule has 0 fully saturated rings. The van der Waals surface area contributed by atoms with Crippen LogP contribution in [0.4, 0.5) is 0 Å². The van der Waals surface area contributed by atoms with Gasteiger partial charge in [0.2, 0.25) is 0 Å². The molecule has 2 aromatic rings. The SMILES string of the molecule is CCOC(=O)C(C)(C)Oc1ccc2nc(C)ccc2c1Br. The molecular weight excluding hydrogens is 334 g/mol. The van der Waals surface area contributed by atoms with Gasteiger partial charge in [0.15, 0.2) is 5.60 Å². The lowest BCUT2D eigenvalue weighted by Gasteiger charge is -2.25. The fourth-order valence-electron chi connectivity index (χ4n) is 1.95. The smallest absolute Gasteiger partial charge is 0.349 e. The number of nitrogens with zero attached hydrogens (tertiary/aromatic N) is 1. The highest BCUT2D eigenvalue weighted by molar-refractivity contribution is 9.10. The van der Waals surface area contributed by atoms with E-state index in [1.165, 1.54) is 0 Å². The van der Waals surface area contributed by atoms with Gasteiger partial charge in [-0.05, 0) is 67.9 Å². The second-order valence-electron chi connectivity index (χ2n) is 5.23. The third kappa shape index (κ3) is 3.35. The van der Waals surface area contributed by atoms with Gasteiger partial charge >= 0.3 is 5.97 Å². The zero-order valence-electron chi connectivity index (χ0n) is 12.6. The van der Waals surface area contributed by atoms with Crippen molar-refractivity contribution in [2.24, 2.45) is 0 Å². The molecule has 112 valence electrons. The molecule has 21 heavy (non-hydrogen) atoms. The van der Waals surface area contributed by atoms with Crippen molar-refractivity contribution >= 4 is 32.8 Å². The summed E-state index contributed by atoms with van der Waals surface area (Å²) < 4.78 is 11.6. The zero-order chi connectivity index (χ0) is 15.6. The highest BCUT2D eigenvalue weighted by Gasteiger charge is 2.32. The minimum atomic E-state index is -1.05. The summed E-state index contributed by atoms with van der Waals surface area (Å²) in [6.07, 6.45) is 0. The van der Waals surface area contributed by atoms with Gasteiger partial charge in [-0.3, -0.25) is 4.98 Å². The Kier molecular flexibility index (Phi) is 4.52. The summed E-state index contributed by atoms with van der Waals surface area (Å²) in [7, 11) is 0. The van der Waals surface area contributed by atoms with Crippen LogP contribution < -0.4 is 4.74 Å². The predicted molar refractivity (Wildman–Crippen MR) is 85.5 cm³/mol. The zero-order valence-corrected chi connectivity index (χ0v) is 14.2. The average Bonchev–Trinajstić information content (AvgIpc) is 2.42. The first kappa shape index (κ1) is 15.8. The minimum absolute atomic E-state index is 0.327. The number of hydrogen-bond acceptors (Lipinski definition) is 4. The molecule has 1 aromatic carbocycles. The first-order chi connectivity index (χ1) is 9.85. The molecule has 0 saturated carbocycles. The molecule has 0 radical (unpaired) electrons. The number of aryl methyl sites for hydroxylation is 1. The van der Waals surface area contributed by atoms with Gasteiger partial charge < -0.3 is 9.47 Å². The molecule has 0 atom stereocenters. The Morgan fingerprint density at radius 3 is 2.67 bits per heavy atom. The topological polar surface area (TPSA) is 48.4 Å². The van der Waals surface area contributed by atoms with Crippen molar-refractivity contribution in [1.29, 1.82) is 0 Å². The molecule has 0 unspecified atom stereocenters. The van der Waals surface area contributed by atoms with Gasteiger partial charge in [-0.2, -0.15) is 0 Å². The van der Waals surface area contributed by atoms with Crippen molar-refractivity contribution in [3.8, 4) is 5.75 Å². The molecule has 5 heteroatoms. The van der Waals surface area contributed by atoms with Crippen LogP contribution >= 0.6 is 15.9 Å². The monoisotopic (exact) mass is 351 g/mol. The first-order valence-electron chi connectivity index (χ1n) is 6.77. The van der Waals surface area contributed by atoms with Crippen molar-refractivity contribution in [1.82, 2.24) is 4.98 Å². The molecule has 0 aliphatic rings. The molecule has 0 aliphatic carbocycles. The Bertz CT molecular complexity index is 683. The van der Waals surface area contributed by atoms with E-state index < -0.39 is 5.60 Å². The van der Waals surface area contributed by atoms with Gasteiger partial charge in [0.05, 0.1) is 16.6 Å². The predicted octanol–water partition coefficient (Wildman–Crippen LogP) is 4.03. The Morgan fingerprint density at radius 2 is 2.00 bits per heavy atom. The van der Waals surface area contributed by atoms with E-state index in [4.69, 9.17) is 9.47 Å². The molecule has 1 heterocycles. The molecule has 0 spiro atoms. The summed E-state index contributed by atoms with van der Waals surface area (Å²) in [5, 5.41) is 0.942. The van der Waals surface area contributed by atoms with Crippen LogP contribution in [-0.2, 0) is 9.53 Å². The van der Waals surface area contributed by atoms with Crippen LogP contribution in [0, 0.1) is 6.92 Å². The van der Waals surface area contributed by atoms with Gasteiger partial charge in [0, 0.05) is 11.1 Å². The van der Waals surface area contributed by atoms with Gasteiger partial charge in [0.1, 0.15) is 5.75 Å². The van der Waals surface area contributed by atoms with Crippen LogP contribution in [-0.4, -0.2) is 23.2 Å². The molecule has 2 rings (SSSR count). The molecule has 0 aliphatic heterocycles. The van der Waals surface area contributed by atoms with E-state index in [1.807, 2.05) is 25.1 Å². The Labute approximate surface area is 132 Å². The number of fused-ring (bicyclic) bond motifs is 1. The number of esters is 1. The Morgan fingerprint density at radius 1 is 1.29 bits per heavy atom. The van der Waals surface area contributed by atoms with Crippen molar-refractivity contribution in [3.63, 3.8) is 0 Å². The maximum atomic E-state index is 11.9. The number of carbonyl (C=O) groups is 1. The van der Waals surface area contributed by atoms with Crippen LogP contribution in [0.1, 0.15) is 26.5 Å². The fourth-order valence-corrected chi connectivity index (χ4v) is 2.50. The fraction of sp³-hybridized carbons (Fsp3) is 0.375. The lowest BCUT2D eigenvalue weighted by Crippen LogP contribution is -2.39. The van der Waals surface area contributed by atoms with Gasteiger partial charge in [-0.25, -0.2) is 4.79 Å². The van der Waals surface area contributed by atoms with Gasteiger partial charge in [-0.1, -0.05) is 0 Å². The summed E-state index contributed by atoms with van der Waals surface area (Å²) in [6.45, 7) is 7.42. The van der Waals surface area contributed by atoms with Crippen molar-refractivity contribution in [3.05, 3.63) is 34.4 Å². The maximum absolute atomic E-state index is 11.9. The normalized spacial score (nSPS) is 11.5. The molecule has 0 amide bonds. The average molecular weight is 352 g/mol. The van der Waals surface area contributed by atoms with Crippen LogP contribution in [0.3, 0.4) is 0 Å². The molecule has 0 bridgehead atoms. The molecular formula is C16H18BrNO3. The van der Waals surface area contributed by atoms with E-state index in [-0.39, 0.29) is 5.97 Å². The summed E-state index contributed by atoms with van der Waals surface area (Å²) in [5.41, 5.74) is 0.780. The number of aromatic nitrogens is 1. The van der Waals surface area contributed by atoms with Gasteiger partial charge in [-0.15, -0.1) is 0 Å². The molecule has 4 nitrogen and oxygen atoms in total. The Balaban J connectivity index is 2.37. The molecule has 0 saturated heterocycles. The van der Waals surface area contributed by atoms with E-state index >= 15 is 0 Å². The summed E-state index contributed by atoms with van der Waals surface area (Å²) >= 11 is 3.53. The number of carbonyl (C=O) groups excluding carboxylic acids is 1. The third-order valence-corrected chi connectivity index (χ3v) is 3.86. The second kappa shape index (κ2) is 6.02. The number of benzene rings is 1. The van der Waals surface area contributed by atoms with Crippen LogP contribution in [0.5, 0.6) is 5.75 Å². The number of pyridine rings is 1. The van der Waals surface area contributed by atoms with Crippen molar-refractivity contribution < 1.29 is 14.3 Å². The summed E-state index contributed by atoms with van der Waals surface area (Å²) in [5.74, 6) is 0.199. The summed E-state index contributed by atoms with van der Waals surface area (Å²) in [4.78, 5) is 16.4. The third-order valence-electron chi connectivity index (χ3n) is 3.04. The van der Waals surface area contributed by atoms with E-state index in [2.05, 4.69) is 20.9 Å². The van der Waals surface area contributed by atoms with Crippen molar-refractivity contribution in [2.75, 3.05) is 6.61 Å². The molecule has 0 N–H and O–H groups in total.